The van der Waals surface area contributed by atoms with Crippen LogP contribution in [0.25, 0.3) is 0 Å². The van der Waals surface area contributed by atoms with E-state index in [-0.39, 0.29) is 0 Å². The van der Waals surface area contributed by atoms with Crippen molar-refractivity contribution in [2.75, 3.05) is 19.6 Å². The number of thiophene rings is 1. The fourth-order valence-electron chi connectivity index (χ4n) is 3.78. The third kappa shape index (κ3) is 3.32. The number of hydrogen-bond acceptors (Lipinski definition) is 3. The Kier molecular flexibility index (Phi) is 4.96. The van der Waals surface area contributed by atoms with Gasteiger partial charge in [0.25, 0.3) is 0 Å². The minimum atomic E-state index is 0.317. The maximum absolute atomic E-state index is 12.7. The molecule has 2 unspecified atom stereocenters. The molecule has 1 aromatic rings. The van der Waals surface area contributed by atoms with Crippen LogP contribution in [0, 0.1) is 5.92 Å². The van der Waals surface area contributed by atoms with Crippen molar-refractivity contribution in [1.82, 2.24) is 10.2 Å². The van der Waals surface area contributed by atoms with Gasteiger partial charge in [0, 0.05) is 17.8 Å². The van der Waals surface area contributed by atoms with E-state index in [0.717, 1.165) is 45.3 Å². The molecule has 0 saturated carbocycles. The number of piperidine rings is 1. The topological polar surface area (TPSA) is 32.3 Å². The van der Waals surface area contributed by atoms with Crippen LogP contribution < -0.4 is 5.32 Å². The molecule has 0 radical (unpaired) electrons. The SMILES string of the molecule is CCC1c2ccsc2CCN1C(=O)CCC1CCCNC1. The molecule has 21 heavy (non-hydrogen) atoms. The van der Waals surface area contributed by atoms with Crippen LogP contribution in [0.2, 0.25) is 0 Å². The molecular weight excluding hydrogens is 280 g/mol. The number of fused-ring (bicyclic) bond motifs is 1. The predicted octanol–water partition coefficient (Wildman–Crippen LogP) is 3.36. The van der Waals surface area contributed by atoms with Crippen molar-refractivity contribution in [3.05, 3.63) is 21.9 Å². The first-order valence-electron chi connectivity index (χ1n) is 8.36. The molecule has 1 N–H and O–H groups in total. The van der Waals surface area contributed by atoms with E-state index in [1.807, 2.05) is 11.3 Å². The summed E-state index contributed by atoms with van der Waals surface area (Å²) in [5.41, 5.74) is 1.40. The Bertz CT molecular complexity index is 479. The lowest BCUT2D eigenvalue weighted by Gasteiger charge is -2.36. The molecule has 2 aliphatic heterocycles. The standard InChI is InChI=1S/C17H26N2OS/c1-2-15-14-8-11-21-16(14)7-10-19(15)17(20)6-5-13-4-3-9-18-12-13/h8,11,13,15,18H,2-7,9-10,12H2,1H3. The molecule has 0 aliphatic carbocycles. The van der Waals surface area contributed by atoms with E-state index in [9.17, 15) is 4.79 Å². The molecule has 2 atom stereocenters. The summed E-state index contributed by atoms with van der Waals surface area (Å²) in [4.78, 5) is 16.3. The summed E-state index contributed by atoms with van der Waals surface area (Å²) in [5.74, 6) is 1.06. The van der Waals surface area contributed by atoms with Gasteiger partial charge in [0.1, 0.15) is 0 Å². The van der Waals surface area contributed by atoms with Crippen LogP contribution in [-0.4, -0.2) is 30.4 Å². The second-order valence-corrected chi connectivity index (χ2v) is 7.31. The van der Waals surface area contributed by atoms with E-state index in [0.29, 0.717) is 17.9 Å². The normalized spacial score (nSPS) is 25.7. The minimum absolute atomic E-state index is 0.317. The van der Waals surface area contributed by atoms with E-state index >= 15 is 0 Å². The van der Waals surface area contributed by atoms with E-state index in [2.05, 4.69) is 28.6 Å². The van der Waals surface area contributed by atoms with Gasteiger partial charge in [-0.05, 0) is 68.1 Å². The van der Waals surface area contributed by atoms with Gasteiger partial charge in [-0.3, -0.25) is 4.79 Å². The first-order chi connectivity index (χ1) is 10.3. The van der Waals surface area contributed by atoms with Gasteiger partial charge in [-0.2, -0.15) is 0 Å². The second kappa shape index (κ2) is 6.93. The van der Waals surface area contributed by atoms with E-state index in [4.69, 9.17) is 0 Å². The summed E-state index contributed by atoms with van der Waals surface area (Å²) in [7, 11) is 0. The molecule has 0 aromatic carbocycles. The van der Waals surface area contributed by atoms with Crippen molar-refractivity contribution < 1.29 is 4.79 Å². The van der Waals surface area contributed by atoms with Crippen LogP contribution in [0.3, 0.4) is 0 Å². The molecule has 3 heterocycles. The number of carbonyl (C=O) groups excluding carboxylic acids is 1. The summed E-state index contributed by atoms with van der Waals surface area (Å²) in [5, 5.41) is 5.62. The zero-order valence-electron chi connectivity index (χ0n) is 12.9. The van der Waals surface area contributed by atoms with Crippen molar-refractivity contribution in [2.24, 2.45) is 5.92 Å². The average Bonchev–Trinajstić information content (AvgIpc) is 3.01. The lowest BCUT2D eigenvalue weighted by Crippen LogP contribution is -2.39. The Balaban J connectivity index is 1.59. The summed E-state index contributed by atoms with van der Waals surface area (Å²) in [6, 6.07) is 2.54. The van der Waals surface area contributed by atoms with Crippen molar-refractivity contribution in [3.63, 3.8) is 0 Å². The van der Waals surface area contributed by atoms with Gasteiger partial charge in [-0.25, -0.2) is 0 Å². The molecule has 1 saturated heterocycles. The number of rotatable bonds is 4. The Hall–Kier alpha value is -0.870. The zero-order valence-corrected chi connectivity index (χ0v) is 13.8. The van der Waals surface area contributed by atoms with Gasteiger partial charge in [0.2, 0.25) is 5.91 Å². The van der Waals surface area contributed by atoms with Crippen LogP contribution in [0.4, 0.5) is 0 Å². The van der Waals surface area contributed by atoms with Gasteiger partial charge in [-0.1, -0.05) is 6.92 Å². The number of hydrogen-bond donors (Lipinski definition) is 1. The Morgan fingerprint density at radius 2 is 2.43 bits per heavy atom. The van der Waals surface area contributed by atoms with E-state index < -0.39 is 0 Å². The first kappa shape index (κ1) is 15.0. The molecule has 3 nitrogen and oxygen atoms in total. The van der Waals surface area contributed by atoms with Gasteiger partial charge < -0.3 is 10.2 Å². The molecule has 3 rings (SSSR count). The summed E-state index contributed by atoms with van der Waals surface area (Å²) in [6.45, 7) is 5.35. The van der Waals surface area contributed by atoms with Gasteiger partial charge in [0.15, 0.2) is 0 Å². The van der Waals surface area contributed by atoms with Gasteiger partial charge in [0.05, 0.1) is 6.04 Å². The van der Waals surface area contributed by atoms with Crippen molar-refractivity contribution in [1.29, 1.82) is 0 Å². The minimum Gasteiger partial charge on any atom is -0.335 e. The van der Waals surface area contributed by atoms with Crippen LogP contribution in [0.15, 0.2) is 11.4 Å². The quantitative estimate of drug-likeness (QED) is 0.925. The molecule has 1 fully saturated rings. The molecular formula is C17H26N2OS. The molecule has 1 aromatic heterocycles. The van der Waals surface area contributed by atoms with Crippen molar-refractivity contribution >= 4 is 17.2 Å². The Morgan fingerprint density at radius 1 is 1.52 bits per heavy atom. The number of nitrogens with one attached hydrogen (secondary N) is 1. The first-order valence-corrected chi connectivity index (χ1v) is 9.24. The molecule has 0 bridgehead atoms. The van der Waals surface area contributed by atoms with Crippen molar-refractivity contribution in [3.8, 4) is 0 Å². The molecule has 116 valence electrons. The smallest absolute Gasteiger partial charge is 0.223 e. The van der Waals surface area contributed by atoms with E-state index in [1.165, 1.54) is 23.3 Å². The molecule has 4 heteroatoms. The summed E-state index contributed by atoms with van der Waals surface area (Å²) >= 11 is 1.85. The third-order valence-corrected chi connectivity index (χ3v) is 5.96. The van der Waals surface area contributed by atoms with Crippen LogP contribution in [0.5, 0.6) is 0 Å². The monoisotopic (exact) mass is 306 g/mol. The highest BCUT2D eigenvalue weighted by Crippen LogP contribution is 2.35. The molecule has 0 spiro atoms. The fraction of sp³-hybridized carbons (Fsp3) is 0.706. The van der Waals surface area contributed by atoms with Gasteiger partial charge in [-0.15, -0.1) is 11.3 Å². The van der Waals surface area contributed by atoms with Crippen LogP contribution >= 0.6 is 11.3 Å². The maximum atomic E-state index is 12.7. The highest BCUT2D eigenvalue weighted by molar-refractivity contribution is 7.10. The highest BCUT2D eigenvalue weighted by Gasteiger charge is 2.30. The summed E-state index contributed by atoms with van der Waals surface area (Å²) < 4.78 is 0. The average molecular weight is 306 g/mol. The highest BCUT2D eigenvalue weighted by atomic mass is 32.1. The predicted molar refractivity (Wildman–Crippen MR) is 87.6 cm³/mol. The molecule has 1 amide bonds. The second-order valence-electron chi connectivity index (χ2n) is 6.31. The van der Waals surface area contributed by atoms with Gasteiger partial charge >= 0.3 is 0 Å². The van der Waals surface area contributed by atoms with Crippen LogP contribution in [-0.2, 0) is 11.2 Å². The van der Waals surface area contributed by atoms with Crippen molar-refractivity contribution in [2.45, 2.75) is 51.5 Å². The Labute approximate surface area is 131 Å². The number of amides is 1. The lowest BCUT2D eigenvalue weighted by molar-refractivity contribution is -0.134. The maximum Gasteiger partial charge on any atom is 0.223 e. The number of nitrogens with zero attached hydrogens (tertiary/aromatic N) is 1. The fourth-order valence-corrected chi connectivity index (χ4v) is 4.70. The summed E-state index contributed by atoms with van der Waals surface area (Å²) in [6.07, 6.45) is 6.39. The lowest BCUT2D eigenvalue weighted by atomic mass is 9.93. The van der Waals surface area contributed by atoms with Crippen LogP contribution in [0.1, 0.15) is 55.5 Å². The number of carbonyl (C=O) groups is 1. The molecule has 2 aliphatic rings. The largest absolute Gasteiger partial charge is 0.335 e. The Morgan fingerprint density at radius 3 is 3.19 bits per heavy atom. The zero-order chi connectivity index (χ0) is 14.7. The third-order valence-electron chi connectivity index (χ3n) is 4.97. The van der Waals surface area contributed by atoms with E-state index in [1.54, 1.807) is 0 Å².